The predicted molar refractivity (Wildman–Crippen MR) is 57.3 cm³/mol. The summed E-state index contributed by atoms with van der Waals surface area (Å²) in [5.41, 5.74) is 0. The van der Waals surface area contributed by atoms with E-state index in [4.69, 9.17) is 11.6 Å². The fraction of sp³-hybridized carbons (Fsp3) is 1.00. The molecular weight excluding hydrogens is 182 g/mol. The van der Waals surface area contributed by atoms with Gasteiger partial charge in [-0.25, -0.2) is 0 Å². The van der Waals surface area contributed by atoms with Crippen LogP contribution in [-0.2, 0) is 0 Å². The number of nitrogens with zero attached hydrogens (tertiary/aromatic N) is 1. The van der Waals surface area contributed by atoms with Gasteiger partial charge < -0.3 is 0 Å². The fourth-order valence-electron chi connectivity index (χ4n) is 3.01. The van der Waals surface area contributed by atoms with Gasteiger partial charge in [0.1, 0.15) is 0 Å². The van der Waals surface area contributed by atoms with Crippen molar-refractivity contribution in [1.29, 1.82) is 0 Å². The maximum Gasteiger partial charge on any atom is 0.0238 e. The van der Waals surface area contributed by atoms with E-state index in [9.17, 15) is 0 Å². The molecule has 1 aliphatic heterocycles. The zero-order valence-electron chi connectivity index (χ0n) is 8.34. The van der Waals surface area contributed by atoms with Gasteiger partial charge in [0, 0.05) is 18.0 Å². The molecule has 1 saturated carbocycles. The van der Waals surface area contributed by atoms with Crippen LogP contribution >= 0.6 is 11.6 Å². The highest BCUT2D eigenvalue weighted by Crippen LogP contribution is 2.31. The average molecular weight is 202 g/mol. The van der Waals surface area contributed by atoms with E-state index < -0.39 is 0 Å². The van der Waals surface area contributed by atoms with Crippen molar-refractivity contribution >= 4 is 11.6 Å². The molecule has 0 N–H and O–H groups in total. The third-order valence-corrected chi connectivity index (χ3v) is 3.88. The van der Waals surface area contributed by atoms with E-state index >= 15 is 0 Å². The maximum absolute atomic E-state index is 5.83. The normalized spacial score (nSPS) is 31.6. The summed E-state index contributed by atoms with van der Waals surface area (Å²) >= 11 is 5.83. The zero-order valence-corrected chi connectivity index (χ0v) is 9.10. The van der Waals surface area contributed by atoms with Crippen molar-refractivity contribution in [1.82, 2.24) is 4.90 Å². The number of hydrogen-bond donors (Lipinski definition) is 0. The average Bonchev–Trinajstić information content (AvgIpc) is 2.71. The molecule has 2 rings (SSSR count). The molecular formula is C11H20ClN. The smallest absolute Gasteiger partial charge is 0.0238 e. The Morgan fingerprint density at radius 3 is 2.54 bits per heavy atom. The molecule has 0 radical (unpaired) electrons. The number of likely N-dealkylation sites (tertiary alicyclic amines) is 1. The quantitative estimate of drug-likeness (QED) is 0.635. The fourth-order valence-corrected chi connectivity index (χ4v) is 3.26. The van der Waals surface area contributed by atoms with Gasteiger partial charge in [-0.2, -0.15) is 0 Å². The summed E-state index contributed by atoms with van der Waals surface area (Å²) in [5, 5.41) is 0. The van der Waals surface area contributed by atoms with Crippen molar-refractivity contribution in [2.75, 3.05) is 12.4 Å². The zero-order chi connectivity index (χ0) is 9.10. The molecule has 1 saturated heterocycles. The lowest BCUT2D eigenvalue weighted by molar-refractivity contribution is 0.178. The van der Waals surface area contributed by atoms with Crippen LogP contribution in [0, 0.1) is 0 Å². The van der Waals surface area contributed by atoms with E-state index in [-0.39, 0.29) is 0 Å². The third-order valence-electron chi connectivity index (χ3n) is 3.66. The van der Waals surface area contributed by atoms with Crippen LogP contribution in [0.3, 0.4) is 0 Å². The minimum atomic E-state index is 0.820. The first kappa shape index (κ1) is 9.79. The van der Waals surface area contributed by atoms with E-state index in [1.54, 1.807) is 0 Å². The van der Waals surface area contributed by atoms with E-state index in [0.29, 0.717) is 0 Å². The summed E-state index contributed by atoms with van der Waals surface area (Å²) in [6, 6.07) is 1.73. The topological polar surface area (TPSA) is 3.24 Å². The van der Waals surface area contributed by atoms with Gasteiger partial charge in [0.25, 0.3) is 0 Å². The Balaban J connectivity index is 1.88. The Hall–Kier alpha value is 0.250. The Labute approximate surface area is 86.4 Å². The molecule has 1 nitrogen and oxygen atoms in total. The van der Waals surface area contributed by atoms with Crippen LogP contribution in [-0.4, -0.2) is 29.4 Å². The lowest BCUT2D eigenvalue weighted by Gasteiger charge is -2.30. The molecule has 1 atom stereocenters. The van der Waals surface area contributed by atoms with Crippen LogP contribution < -0.4 is 0 Å². The Morgan fingerprint density at radius 2 is 1.85 bits per heavy atom. The van der Waals surface area contributed by atoms with Crippen LogP contribution in [0.5, 0.6) is 0 Å². The maximum atomic E-state index is 5.83. The number of alkyl halides is 1. The molecule has 13 heavy (non-hydrogen) atoms. The lowest BCUT2D eigenvalue weighted by Crippen LogP contribution is -2.37. The molecule has 76 valence electrons. The first-order chi connectivity index (χ1) is 6.42. The summed E-state index contributed by atoms with van der Waals surface area (Å²) < 4.78 is 0. The monoisotopic (exact) mass is 201 g/mol. The van der Waals surface area contributed by atoms with E-state index in [2.05, 4.69) is 4.90 Å². The standard InChI is InChI=1S/C11H20ClN/c12-8-7-11-6-3-9-13(11)10-4-1-2-5-10/h10-11H,1-9H2. The van der Waals surface area contributed by atoms with Gasteiger partial charge >= 0.3 is 0 Å². The molecule has 0 amide bonds. The second-order valence-electron chi connectivity index (χ2n) is 4.45. The lowest BCUT2D eigenvalue weighted by atomic mass is 10.1. The van der Waals surface area contributed by atoms with Gasteiger partial charge in [0.2, 0.25) is 0 Å². The van der Waals surface area contributed by atoms with E-state index in [0.717, 1.165) is 18.0 Å². The van der Waals surface area contributed by atoms with Crippen LogP contribution in [0.4, 0.5) is 0 Å². The van der Waals surface area contributed by atoms with Crippen molar-refractivity contribution < 1.29 is 0 Å². The summed E-state index contributed by atoms with van der Waals surface area (Å²) in [6.45, 7) is 1.34. The molecule has 0 aromatic heterocycles. The van der Waals surface area contributed by atoms with Gasteiger partial charge in [-0.3, -0.25) is 4.90 Å². The first-order valence-electron chi connectivity index (χ1n) is 5.73. The highest BCUT2D eigenvalue weighted by Gasteiger charge is 2.31. The summed E-state index contributed by atoms with van der Waals surface area (Å²) in [5.74, 6) is 0.841. The van der Waals surface area contributed by atoms with Crippen molar-refractivity contribution in [2.24, 2.45) is 0 Å². The van der Waals surface area contributed by atoms with Crippen LogP contribution in [0.1, 0.15) is 44.9 Å². The van der Waals surface area contributed by atoms with Crippen LogP contribution in [0.2, 0.25) is 0 Å². The minimum Gasteiger partial charge on any atom is -0.297 e. The molecule has 1 heterocycles. The van der Waals surface area contributed by atoms with Crippen molar-refractivity contribution in [3.63, 3.8) is 0 Å². The molecule has 0 spiro atoms. The molecule has 0 bridgehead atoms. The predicted octanol–water partition coefficient (Wildman–Crippen LogP) is 3.02. The molecule has 0 aromatic carbocycles. The summed E-state index contributed by atoms with van der Waals surface area (Å²) in [7, 11) is 0. The second kappa shape index (κ2) is 4.65. The van der Waals surface area contributed by atoms with Gasteiger partial charge in [-0.15, -0.1) is 11.6 Å². The number of rotatable bonds is 3. The van der Waals surface area contributed by atoms with Crippen LogP contribution in [0.15, 0.2) is 0 Å². The van der Waals surface area contributed by atoms with Crippen molar-refractivity contribution in [2.45, 2.75) is 57.0 Å². The number of hydrogen-bond acceptors (Lipinski definition) is 1. The first-order valence-corrected chi connectivity index (χ1v) is 6.27. The minimum absolute atomic E-state index is 0.820. The molecule has 1 unspecified atom stereocenters. The summed E-state index contributed by atoms with van der Waals surface area (Å²) in [6.07, 6.45) is 9.79. The molecule has 2 aliphatic rings. The van der Waals surface area contributed by atoms with Crippen molar-refractivity contribution in [3.8, 4) is 0 Å². The highest BCUT2D eigenvalue weighted by atomic mass is 35.5. The largest absolute Gasteiger partial charge is 0.297 e. The van der Waals surface area contributed by atoms with Gasteiger partial charge in [-0.05, 0) is 38.6 Å². The van der Waals surface area contributed by atoms with E-state index in [1.165, 1.54) is 51.5 Å². The molecule has 2 fully saturated rings. The van der Waals surface area contributed by atoms with Crippen molar-refractivity contribution in [3.05, 3.63) is 0 Å². The molecule has 2 heteroatoms. The van der Waals surface area contributed by atoms with Gasteiger partial charge in [-0.1, -0.05) is 12.8 Å². The molecule has 0 aromatic rings. The SMILES string of the molecule is ClCCC1CCCN1C1CCCC1. The van der Waals surface area contributed by atoms with Crippen LogP contribution in [0.25, 0.3) is 0 Å². The molecule has 1 aliphatic carbocycles. The summed E-state index contributed by atoms with van der Waals surface area (Å²) in [4.78, 5) is 2.75. The highest BCUT2D eigenvalue weighted by molar-refractivity contribution is 6.17. The Morgan fingerprint density at radius 1 is 1.08 bits per heavy atom. The van der Waals surface area contributed by atoms with Gasteiger partial charge in [0.15, 0.2) is 0 Å². The second-order valence-corrected chi connectivity index (χ2v) is 4.83. The van der Waals surface area contributed by atoms with E-state index in [1.807, 2.05) is 0 Å². The van der Waals surface area contributed by atoms with Gasteiger partial charge in [0.05, 0.1) is 0 Å². The number of halogens is 1. The Kier molecular flexibility index (Phi) is 3.51. The third kappa shape index (κ3) is 2.19. The Bertz CT molecular complexity index is 154.